The van der Waals surface area contributed by atoms with Gasteiger partial charge in [-0.25, -0.2) is 0 Å². The summed E-state index contributed by atoms with van der Waals surface area (Å²) < 4.78 is 0. The Morgan fingerprint density at radius 2 is 2.11 bits per heavy atom. The molecular weight excluding hydrogens is 236 g/mol. The fourth-order valence-corrected chi connectivity index (χ4v) is 3.44. The summed E-state index contributed by atoms with van der Waals surface area (Å²) in [5.74, 6) is 1.33. The number of carbonyl (C=O) groups excluding carboxylic acids is 1. The predicted molar refractivity (Wildman–Crippen MR) is 73.4 cm³/mol. The zero-order chi connectivity index (χ0) is 12.9. The maximum Gasteiger partial charge on any atom is 0.223 e. The van der Waals surface area contributed by atoms with Crippen molar-refractivity contribution in [1.82, 2.24) is 10.2 Å². The molecule has 1 heterocycles. The van der Waals surface area contributed by atoms with E-state index in [0.717, 1.165) is 32.5 Å². The van der Waals surface area contributed by atoms with E-state index in [1.165, 1.54) is 12.0 Å². The molecule has 3 fully saturated rings. The van der Waals surface area contributed by atoms with Crippen LogP contribution in [0.25, 0.3) is 0 Å². The van der Waals surface area contributed by atoms with Crippen molar-refractivity contribution in [1.29, 1.82) is 0 Å². The summed E-state index contributed by atoms with van der Waals surface area (Å²) >= 11 is 0. The highest BCUT2D eigenvalue weighted by Crippen LogP contribution is 2.50. The molecule has 2 atom stereocenters. The molecule has 100 valence electrons. The van der Waals surface area contributed by atoms with Crippen molar-refractivity contribution < 1.29 is 4.79 Å². The molecule has 0 spiro atoms. The van der Waals surface area contributed by atoms with E-state index >= 15 is 0 Å². The molecule has 0 radical (unpaired) electrons. The molecule has 1 saturated heterocycles. The van der Waals surface area contributed by atoms with E-state index in [2.05, 4.69) is 40.5 Å². The molecule has 2 aliphatic carbocycles. The monoisotopic (exact) mass is 256 g/mol. The molecule has 1 aliphatic heterocycles. The van der Waals surface area contributed by atoms with Crippen LogP contribution >= 0.6 is 0 Å². The Labute approximate surface area is 114 Å². The minimum absolute atomic E-state index is 0.133. The molecule has 19 heavy (non-hydrogen) atoms. The smallest absolute Gasteiger partial charge is 0.223 e. The van der Waals surface area contributed by atoms with Crippen molar-refractivity contribution in [2.24, 2.45) is 11.8 Å². The highest BCUT2D eigenvalue weighted by atomic mass is 16.2. The number of nitrogens with one attached hydrogen (secondary N) is 1. The van der Waals surface area contributed by atoms with Crippen molar-refractivity contribution in [3.63, 3.8) is 0 Å². The van der Waals surface area contributed by atoms with E-state index in [-0.39, 0.29) is 5.54 Å². The number of piperidine rings is 1. The average molecular weight is 256 g/mol. The van der Waals surface area contributed by atoms with E-state index < -0.39 is 0 Å². The molecule has 2 saturated carbocycles. The topological polar surface area (TPSA) is 32.3 Å². The first-order valence-electron chi connectivity index (χ1n) is 7.33. The number of likely N-dealkylation sites (tertiary alicyclic amines) is 1. The molecule has 1 N–H and O–H groups in total. The number of rotatable bonds is 4. The van der Waals surface area contributed by atoms with Gasteiger partial charge in [-0.2, -0.15) is 0 Å². The average Bonchev–Trinajstić information content (AvgIpc) is 3.30. The van der Waals surface area contributed by atoms with Gasteiger partial charge in [0, 0.05) is 25.6 Å². The third-order valence-electron chi connectivity index (χ3n) is 4.79. The van der Waals surface area contributed by atoms with Gasteiger partial charge in [0.25, 0.3) is 0 Å². The second-order valence-electron chi connectivity index (χ2n) is 6.48. The van der Waals surface area contributed by atoms with Crippen molar-refractivity contribution in [3.8, 4) is 0 Å². The van der Waals surface area contributed by atoms with Gasteiger partial charge in [0.2, 0.25) is 5.91 Å². The van der Waals surface area contributed by atoms with Crippen LogP contribution in [0.4, 0.5) is 0 Å². The molecular formula is C16H20N2O. The summed E-state index contributed by atoms with van der Waals surface area (Å²) in [7, 11) is 0. The highest BCUT2D eigenvalue weighted by molar-refractivity contribution is 5.82. The summed E-state index contributed by atoms with van der Waals surface area (Å²) in [6, 6.07) is 10.6. The fourth-order valence-electron chi connectivity index (χ4n) is 3.44. The van der Waals surface area contributed by atoms with Crippen LogP contribution in [-0.2, 0) is 11.3 Å². The summed E-state index contributed by atoms with van der Waals surface area (Å²) in [4.78, 5) is 14.4. The highest BCUT2D eigenvalue weighted by Gasteiger charge is 2.61. The molecule has 3 heteroatoms. The molecule has 0 aromatic heterocycles. The summed E-state index contributed by atoms with van der Waals surface area (Å²) in [5, 5.41) is 3.33. The number of benzene rings is 1. The summed E-state index contributed by atoms with van der Waals surface area (Å²) in [6.45, 7) is 3.18. The van der Waals surface area contributed by atoms with Crippen molar-refractivity contribution in [3.05, 3.63) is 35.9 Å². The minimum Gasteiger partial charge on any atom is -0.349 e. The number of fused-ring (bicyclic) bond motifs is 1. The summed E-state index contributed by atoms with van der Waals surface area (Å²) in [6.07, 6.45) is 3.39. The third-order valence-corrected chi connectivity index (χ3v) is 4.79. The SMILES string of the molecule is O=C(N[C@]12C[C@@H]1CN(Cc1ccccc1)C2)C1CC1. The Balaban J connectivity index is 1.37. The fraction of sp³-hybridized carbons (Fsp3) is 0.562. The van der Waals surface area contributed by atoms with Crippen LogP contribution in [0.15, 0.2) is 30.3 Å². The molecule has 1 aromatic carbocycles. The molecule has 0 bridgehead atoms. The minimum atomic E-state index is 0.133. The second kappa shape index (κ2) is 4.07. The quantitative estimate of drug-likeness (QED) is 0.890. The first-order chi connectivity index (χ1) is 9.25. The van der Waals surface area contributed by atoms with E-state index in [1.807, 2.05) is 0 Å². The largest absolute Gasteiger partial charge is 0.349 e. The number of hydrogen-bond donors (Lipinski definition) is 1. The Kier molecular flexibility index (Phi) is 2.46. The van der Waals surface area contributed by atoms with Gasteiger partial charge in [0.15, 0.2) is 0 Å². The molecule has 4 rings (SSSR count). The van der Waals surface area contributed by atoms with E-state index in [9.17, 15) is 4.79 Å². The first-order valence-corrected chi connectivity index (χ1v) is 7.33. The maximum absolute atomic E-state index is 11.9. The van der Waals surface area contributed by atoms with Gasteiger partial charge < -0.3 is 5.32 Å². The lowest BCUT2D eigenvalue weighted by Gasteiger charge is -2.21. The van der Waals surface area contributed by atoms with Gasteiger partial charge in [0.1, 0.15) is 0 Å². The summed E-state index contributed by atoms with van der Waals surface area (Å²) in [5.41, 5.74) is 1.50. The molecule has 0 unspecified atom stereocenters. The van der Waals surface area contributed by atoms with E-state index in [4.69, 9.17) is 0 Å². The van der Waals surface area contributed by atoms with E-state index in [1.54, 1.807) is 0 Å². The zero-order valence-electron chi connectivity index (χ0n) is 11.1. The van der Waals surface area contributed by atoms with Gasteiger partial charge in [-0.05, 0) is 30.7 Å². The number of nitrogens with zero attached hydrogens (tertiary/aromatic N) is 1. The number of hydrogen-bond acceptors (Lipinski definition) is 2. The number of carbonyl (C=O) groups is 1. The van der Waals surface area contributed by atoms with Crippen molar-refractivity contribution >= 4 is 5.91 Å². The normalized spacial score (nSPS) is 32.9. The van der Waals surface area contributed by atoms with Crippen molar-refractivity contribution in [2.45, 2.75) is 31.3 Å². The molecule has 1 amide bonds. The van der Waals surface area contributed by atoms with Gasteiger partial charge in [-0.15, -0.1) is 0 Å². The van der Waals surface area contributed by atoms with Crippen LogP contribution in [0.5, 0.6) is 0 Å². The third kappa shape index (κ3) is 2.16. The molecule has 1 aromatic rings. The Bertz CT molecular complexity index is 497. The van der Waals surface area contributed by atoms with Crippen LogP contribution < -0.4 is 5.32 Å². The lowest BCUT2D eigenvalue weighted by Crippen LogP contribution is -2.42. The van der Waals surface area contributed by atoms with Crippen LogP contribution in [-0.4, -0.2) is 29.4 Å². The lowest BCUT2D eigenvalue weighted by molar-refractivity contribution is -0.123. The zero-order valence-corrected chi connectivity index (χ0v) is 11.1. The Morgan fingerprint density at radius 1 is 1.32 bits per heavy atom. The maximum atomic E-state index is 11.9. The standard InChI is InChI=1S/C16H20N2O/c19-15(13-6-7-13)17-16-8-14(16)10-18(11-16)9-12-4-2-1-3-5-12/h1-5,13-14H,6-11H2,(H,17,19)/t14-,16+/m1/s1. The van der Waals surface area contributed by atoms with Crippen LogP contribution in [0.2, 0.25) is 0 Å². The molecule has 3 aliphatic rings. The number of amides is 1. The van der Waals surface area contributed by atoms with Crippen LogP contribution in [0.3, 0.4) is 0 Å². The van der Waals surface area contributed by atoms with Crippen LogP contribution in [0.1, 0.15) is 24.8 Å². The van der Waals surface area contributed by atoms with Gasteiger partial charge in [0.05, 0.1) is 5.54 Å². The van der Waals surface area contributed by atoms with Gasteiger partial charge in [-0.1, -0.05) is 30.3 Å². The van der Waals surface area contributed by atoms with Gasteiger partial charge >= 0.3 is 0 Å². The Hall–Kier alpha value is -1.35. The van der Waals surface area contributed by atoms with Crippen molar-refractivity contribution in [2.75, 3.05) is 13.1 Å². The first kappa shape index (κ1) is 11.5. The Morgan fingerprint density at radius 3 is 2.84 bits per heavy atom. The second-order valence-corrected chi connectivity index (χ2v) is 6.48. The predicted octanol–water partition coefficient (Wildman–Crippen LogP) is 1.79. The lowest BCUT2D eigenvalue weighted by atomic mass is 10.2. The van der Waals surface area contributed by atoms with Crippen LogP contribution in [0, 0.1) is 11.8 Å². The van der Waals surface area contributed by atoms with E-state index in [0.29, 0.717) is 17.7 Å². The van der Waals surface area contributed by atoms with Gasteiger partial charge in [-0.3, -0.25) is 9.69 Å². The molecule has 3 nitrogen and oxygen atoms in total.